The molecule has 0 atom stereocenters. The van der Waals surface area contributed by atoms with Crippen LogP contribution in [-0.4, -0.2) is 33.8 Å². The van der Waals surface area contributed by atoms with Crippen molar-refractivity contribution in [2.24, 2.45) is 0 Å². The van der Waals surface area contributed by atoms with Gasteiger partial charge in [0, 0.05) is 6.07 Å². The number of methoxy groups -OCH3 is 1. The van der Waals surface area contributed by atoms with E-state index in [1.54, 1.807) is 0 Å². The Bertz CT molecular complexity index is 725. The Kier molecular flexibility index (Phi) is 4.99. The maximum absolute atomic E-state index is 12.9. The predicted octanol–water partition coefficient (Wildman–Crippen LogP) is 2.74. The number of carbonyl (C=O) groups is 1. The van der Waals surface area contributed by atoms with Crippen molar-refractivity contribution in [3.05, 3.63) is 30.0 Å². The number of nitrogens with one attached hydrogen (secondary N) is 1. The Morgan fingerprint density at radius 2 is 2.04 bits per heavy atom. The van der Waals surface area contributed by atoms with Crippen LogP contribution in [0.4, 0.5) is 19.0 Å². The van der Waals surface area contributed by atoms with Crippen molar-refractivity contribution >= 4 is 23.3 Å². The third kappa shape index (κ3) is 4.28. The molecule has 0 spiro atoms. The summed E-state index contributed by atoms with van der Waals surface area (Å²) in [6, 6.07) is 5.04. The van der Waals surface area contributed by atoms with E-state index in [0.29, 0.717) is 6.07 Å². The number of hydrogen-bond acceptors (Lipinski definition) is 5. The third-order valence-corrected chi connectivity index (χ3v) is 2.81. The quantitative estimate of drug-likeness (QED) is 0.861. The molecule has 2 aromatic rings. The van der Waals surface area contributed by atoms with Gasteiger partial charge in [0.1, 0.15) is 17.4 Å². The van der Waals surface area contributed by atoms with E-state index in [1.807, 2.05) is 0 Å². The van der Waals surface area contributed by atoms with E-state index in [4.69, 9.17) is 16.3 Å². The summed E-state index contributed by atoms with van der Waals surface area (Å²) in [6.45, 7) is 0. The fourth-order valence-corrected chi connectivity index (χ4v) is 1.66. The van der Waals surface area contributed by atoms with Gasteiger partial charge in [0.05, 0.1) is 7.11 Å². The largest absolute Gasteiger partial charge is 0.481 e. The predicted molar refractivity (Wildman–Crippen MR) is 76.2 cm³/mol. The highest BCUT2D eigenvalue weighted by Gasteiger charge is 2.34. The van der Waals surface area contributed by atoms with Crippen LogP contribution in [0.1, 0.15) is 5.69 Å². The first-order chi connectivity index (χ1) is 10.8. The number of aromatic nitrogens is 3. The maximum Gasteiger partial charge on any atom is 0.433 e. The van der Waals surface area contributed by atoms with Crippen LogP contribution in [0.5, 0.6) is 5.88 Å². The second kappa shape index (κ2) is 6.78. The molecule has 2 heterocycles. The number of pyridine rings is 1. The fourth-order valence-electron chi connectivity index (χ4n) is 1.59. The van der Waals surface area contributed by atoms with Gasteiger partial charge in [0.15, 0.2) is 11.5 Å². The molecular formula is C13H10ClF3N4O2. The average molecular weight is 347 g/mol. The molecule has 0 aliphatic carbocycles. The number of ether oxygens (including phenoxy) is 1. The van der Waals surface area contributed by atoms with E-state index in [1.165, 1.54) is 25.3 Å². The van der Waals surface area contributed by atoms with Crippen molar-refractivity contribution in [3.8, 4) is 17.4 Å². The fraction of sp³-hybridized carbons (Fsp3) is 0.231. The van der Waals surface area contributed by atoms with Gasteiger partial charge in [-0.3, -0.25) is 4.79 Å². The summed E-state index contributed by atoms with van der Waals surface area (Å²) in [6.07, 6.45) is -4.66. The number of halogens is 4. The van der Waals surface area contributed by atoms with Gasteiger partial charge >= 0.3 is 6.18 Å². The molecule has 0 aliphatic heterocycles. The molecule has 1 N–H and O–H groups in total. The first-order valence-electron chi connectivity index (χ1n) is 6.17. The number of hydrogen-bond donors (Lipinski definition) is 1. The monoisotopic (exact) mass is 346 g/mol. The number of alkyl halides is 4. The molecule has 0 saturated heterocycles. The summed E-state index contributed by atoms with van der Waals surface area (Å²) in [5.74, 6) is -1.19. The zero-order chi connectivity index (χ0) is 17.0. The number of anilines is 1. The lowest BCUT2D eigenvalue weighted by Crippen LogP contribution is -2.14. The number of rotatable bonds is 4. The van der Waals surface area contributed by atoms with Crippen molar-refractivity contribution < 1.29 is 22.7 Å². The molecule has 0 bridgehead atoms. The van der Waals surface area contributed by atoms with Gasteiger partial charge in [-0.2, -0.15) is 18.2 Å². The molecule has 0 aromatic carbocycles. The summed E-state index contributed by atoms with van der Waals surface area (Å²) >= 11 is 5.36. The van der Waals surface area contributed by atoms with Crippen LogP contribution in [0, 0.1) is 0 Å². The molecule has 10 heteroatoms. The zero-order valence-electron chi connectivity index (χ0n) is 11.7. The van der Waals surface area contributed by atoms with Crippen LogP contribution in [0.3, 0.4) is 0 Å². The van der Waals surface area contributed by atoms with E-state index in [2.05, 4.69) is 20.3 Å². The van der Waals surface area contributed by atoms with Crippen LogP contribution in [0.2, 0.25) is 0 Å². The average Bonchev–Trinajstić information content (AvgIpc) is 2.53. The highest BCUT2D eigenvalue weighted by atomic mass is 35.5. The van der Waals surface area contributed by atoms with Gasteiger partial charge in [-0.15, -0.1) is 11.6 Å². The Balaban J connectivity index is 2.45. The van der Waals surface area contributed by atoms with E-state index < -0.39 is 17.8 Å². The highest BCUT2D eigenvalue weighted by Crippen LogP contribution is 2.31. The van der Waals surface area contributed by atoms with Crippen molar-refractivity contribution in [3.63, 3.8) is 0 Å². The van der Waals surface area contributed by atoms with E-state index in [9.17, 15) is 18.0 Å². The van der Waals surface area contributed by atoms with Crippen LogP contribution < -0.4 is 10.1 Å². The molecule has 23 heavy (non-hydrogen) atoms. The van der Waals surface area contributed by atoms with Gasteiger partial charge in [0.25, 0.3) is 0 Å². The van der Waals surface area contributed by atoms with E-state index >= 15 is 0 Å². The zero-order valence-corrected chi connectivity index (χ0v) is 12.4. The molecule has 122 valence electrons. The Morgan fingerprint density at radius 3 is 2.65 bits per heavy atom. The van der Waals surface area contributed by atoms with E-state index in [-0.39, 0.29) is 29.1 Å². The third-order valence-electron chi connectivity index (χ3n) is 2.57. The minimum atomic E-state index is -4.66. The molecule has 0 unspecified atom stereocenters. The first-order valence-corrected chi connectivity index (χ1v) is 6.70. The molecule has 1 amide bonds. The SMILES string of the molecule is COc1cc(C(F)(F)F)nc(-c2cccc(NC(=O)CCl)n2)n1. The molecule has 0 radical (unpaired) electrons. The standard InChI is InChI=1S/C13H10ClF3N4O2/c1-23-11-5-8(13(15,16)17)19-12(21-11)7-3-2-4-9(18-7)20-10(22)6-14/h2-5H,6H2,1H3,(H,18,20,22). The van der Waals surface area contributed by atoms with Crippen LogP contribution in [-0.2, 0) is 11.0 Å². The smallest absolute Gasteiger partial charge is 0.433 e. The summed E-state index contributed by atoms with van der Waals surface area (Å²) in [4.78, 5) is 22.5. The van der Waals surface area contributed by atoms with Crippen LogP contribution in [0.25, 0.3) is 11.5 Å². The summed E-state index contributed by atoms with van der Waals surface area (Å²) in [5.41, 5.74) is -1.11. The van der Waals surface area contributed by atoms with Gasteiger partial charge in [-0.1, -0.05) is 6.07 Å². The lowest BCUT2D eigenvalue weighted by Gasteiger charge is -2.10. The molecule has 2 aromatic heterocycles. The van der Waals surface area contributed by atoms with Crippen LogP contribution >= 0.6 is 11.6 Å². The number of amides is 1. The lowest BCUT2D eigenvalue weighted by molar-refractivity contribution is -0.141. The minimum Gasteiger partial charge on any atom is -0.481 e. The second-order valence-electron chi connectivity index (χ2n) is 4.21. The Morgan fingerprint density at radius 1 is 1.30 bits per heavy atom. The minimum absolute atomic E-state index is 0.0433. The van der Waals surface area contributed by atoms with Crippen LogP contribution in [0.15, 0.2) is 24.3 Å². The molecule has 0 saturated carbocycles. The molecule has 6 nitrogen and oxygen atoms in total. The van der Waals surface area contributed by atoms with Crippen molar-refractivity contribution in [2.75, 3.05) is 18.3 Å². The topological polar surface area (TPSA) is 77.0 Å². The van der Waals surface area contributed by atoms with Crippen molar-refractivity contribution in [2.45, 2.75) is 6.18 Å². The highest BCUT2D eigenvalue weighted by molar-refractivity contribution is 6.29. The van der Waals surface area contributed by atoms with E-state index in [0.717, 1.165) is 0 Å². The molecule has 0 fully saturated rings. The second-order valence-corrected chi connectivity index (χ2v) is 4.47. The number of carbonyl (C=O) groups excluding carboxylic acids is 1. The van der Waals surface area contributed by atoms with Gasteiger partial charge in [0.2, 0.25) is 11.8 Å². The van der Waals surface area contributed by atoms with Gasteiger partial charge < -0.3 is 10.1 Å². The molecular weight excluding hydrogens is 337 g/mol. The Hall–Kier alpha value is -2.42. The first kappa shape index (κ1) is 16.9. The summed E-state index contributed by atoms with van der Waals surface area (Å²) in [7, 11) is 1.19. The summed E-state index contributed by atoms with van der Waals surface area (Å²) < 4.78 is 43.3. The number of nitrogens with zero attached hydrogens (tertiary/aromatic N) is 3. The maximum atomic E-state index is 12.9. The lowest BCUT2D eigenvalue weighted by atomic mass is 10.3. The van der Waals surface area contributed by atoms with Gasteiger partial charge in [-0.25, -0.2) is 9.97 Å². The van der Waals surface area contributed by atoms with Crippen molar-refractivity contribution in [1.29, 1.82) is 0 Å². The Labute approximate surface area is 133 Å². The van der Waals surface area contributed by atoms with Gasteiger partial charge in [-0.05, 0) is 12.1 Å². The molecule has 0 aliphatic rings. The molecule has 2 rings (SSSR count). The van der Waals surface area contributed by atoms with Crippen molar-refractivity contribution in [1.82, 2.24) is 15.0 Å². The normalized spacial score (nSPS) is 11.2. The summed E-state index contributed by atoms with van der Waals surface area (Å²) in [5, 5.41) is 2.38.